The van der Waals surface area contributed by atoms with Crippen LogP contribution in [0, 0.1) is 5.92 Å². The van der Waals surface area contributed by atoms with Crippen LogP contribution in [-0.2, 0) is 0 Å². The number of hydrogen-bond donors (Lipinski definition) is 1. The van der Waals surface area contributed by atoms with Gasteiger partial charge in [0.2, 0.25) is 0 Å². The van der Waals surface area contributed by atoms with Gasteiger partial charge in [-0.1, -0.05) is 44.7 Å². The highest BCUT2D eigenvalue weighted by molar-refractivity contribution is 9.11. The maximum absolute atomic E-state index is 3.53. The number of hydrogen-bond acceptors (Lipinski definition) is 1. The normalized spacial score (nSPS) is 17.8. The molecule has 15 heavy (non-hydrogen) atoms. The second-order valence-electron chi connectivity index (χ2n) is 4.22. The molecule has 1 unspecified atom stereocenters. The largest absolute Gasteiger partial charge is 0.313 e. The minimum Gasteiger partial charge on any atom is -0.313 e. The first-order valence-corrected chi connectivity index (χ1v) is 6.91. The Morgan fingerprint density at radius 1 is 1.27 bits per heavy atom. The van der Waals surface area contributed by atoms with Gasteiger partial charge in [-0.05, 0) is 43.1 Å². The van der Waals surface area contributed by atoms with Gasteiger partial charge in [0.1, 0.15) is 0 Å². The third-order valence-corrected chi connectivity index (χ3v) is 3.82. The predicted molar refractivity (Wildman–Crippen MR) is 71.0 cm³/mol. The van der Waals surface area contributed by atoms with Crippen molar-refractivity contribution in [3.8, 4) is 0 Å². The summed E-state index contributed by atoms with van der Waals surface area (Å²) in [6, 6.07) is 6.97. The Kier molecular flexibility index (Phi) is 3.86. The second-order valence-corrected chi connectivity index (χ2v) is 6.05. The number of nitrogens with one attached hydrogen (secondary N) is 1. The second kappa shape index (κ2) is 4.98. The highest BCUT2D eigenvalue weighted by atomic mass is 79.9. The first kappa shape index (κ1) is 11.6. The number of benzene rings is 1. The van der Waals surface area contributed by atoms with E-state index in [1.807, 2.05) is 7.05 Å². The van der Waals surface area contributed by atoms with Gasteiger partial charge in [0, 0.05) is 15.0 Å². The molecule has 1 N–H and O–H groups in total. The van der Waals surface area contributed by atoms with Crippen molar-refractivity contribution >= 4 is 31.9 Å². The Morgan fingerprint density at radius 2 is 1.87 bits per heavy atom. The summed E-state index contributed by atoms with van der Waals surface area (Å²) in [5, 5.41) is 3.40. The molecule has 0 saturated heterocycles. The van der Waals surface area contributed by atoms with Gasteiger partial charge in [-0.3, -0.25) is 0 Å². The lowest BCUT2D eigenvalue weighted by atomic mass is 10.0. The molecule has 1 aliphatic carbocycles. The van der Waals surface area contributed by atoms with Crippen molar-refractivity contribution in [3.63, 3.8) is 0 Å². The molecule has 3 heteroatoms. The fraction of sp³-hybridized carbons (Fsp3) is 0.500. The standard InChI is InChI=1S/C12H15Br2N/c1-15-12(4-8-2-3-8)9-5-10(13)7-11(14)6-9/h5-8,12,15H,2-4H2,1H3. The van der Waals surface area contributed by atoms with Crippen molar-refractivity contribution in [1.29, 1.82) is 0 Å². The maximum Gasteiger partial charge on any atom is 0.0320 e. The van der Waals surface area contributed by atoms with Gasteiger partial charge >= 0.3 is 0 Å². The summed E-state index contributed by atoms with van der Waals surface area (Å²) < 4.78 is 2.28. The van der Waals surface area contributed by atoms with Gasteiger partial charge in [0.05, 0.1) is 0 Å². The van der Waals surface area contributed by atoms with Crippen LogP contribution in [0.5, 0.6) is 0 Å². The van der Waals surface area contributed by atoms with Crippen LogP contribution < -0.4 is 5.32 Å². The van der Waals surface area contributed by atoms with Gasteiger partial charge in [-0.25, -0.2) is 0 Å². The summed E-state index contributed by atoms with van der Waals surface area (Å²) in [6.07, 6.45) is 4.08. The first-order chi connectivity index (χ1) is 7.19. The molecule has 1 saturated carbocycles. The monoisotopic (exact) mass is 331 g/mol. The van der Waals surface area contributed by atoms with E-state index in [1.54, 1.807) is 0 Å². The first-order valence-electron chi connectivity index (χ1n) is 5.32. The van der Waals surface area contributed by atoms with Crippen molar-refractivity contribution < 1.29 is 0 Å². The molecule has 0 aliphatic heterocycles. The van der Waals surface area contributed by atoms with E-state index in [-0.39, 0.29) is 0 Å². The average Bonchev–Trinajstić information content (AvgIpc) is 2.96. The lowest BCUT2D eigenvalue weighted by Gasteiger charge is -2.17. The molecule has 1 aliphatic rings. The molecule has 0 spiro atoms. The molecule has 0 heterocycles. The summed E-state index contributed by atoms with van der Waals surface area (Å²) in [5.41, 5.74) is 1.37. The van der Waals surface area contributed by atoms with Gasteiger partial charge in [0.25, 0.3) is 0 Å². The third kappa shape index (κ3) is 3.30. The number of rotatable bonds is 4. The van der Waals surface area contributed by atoms with E-state index in [0.717, 1.165) is 14.9 Å². The SMILES string of the molecule is CNC(CC1CC1)c1cc(Br)cc(Br)c1. The van der Waals surface area contributed by atoms with Crippen molar-refractivity contribution in [2.75, 3.05) is 7.05 Å². The minimum atomic E-state index is 0.492. The summed E-state index contributed by atoms with van der Waals surface area (Å²) in [6.45, 7) is 0. The molecule has 0 radical (unpaired) electrons. The zero-order valence-electron chi connectivity index (χ0n) is 8.76. The predicted octanol–water partition coefficient (Wildman–Crippen LogP) is 4.27. The van der Waals surface area contributed by atoms with Gasteiger partial charge < -0.3 is 5.32 Å². The topological polar surface area (TPSA) is 12.0 Å². The van der Waals surface area contributed by atoms with Crippen molar-refractivity contribution in [1.82, 2.24) is 5.32 Å². The lowest BCUT2D eigenvalue weighted by Crippen LogP contribution is -2.16. The Morgan fingerprint density at radius 3 is 2.33 bits per heavy atom. The Labute approximate surface area is 108 Å². The fourth-order valence-corrected chi connectivity index (χ4v) is 3.21. The molecule has 82 valence electrons. The molecule has 1 nitrogen and oxygen atoms in total. The van der Waals surface area contributed by atoms with Crippen LogP contribution >= 0.6 is 31.9 Å². The van der Waals surface area contributed by atoms with Crippen LogP contribution in [0.25, 0.3) is 0 Å². The average molecular weight is 333 g/mol. The fourth-order valence-electron chi connectivity index (χ4n) is 1.88. The van der Waals surface area contributed by atoms with E-state index in [9.17, 15) is 0 Å². The highest BCUT2D eigenvalue weighted by Crippen LogP contribution is 2.38. The van der Waals surface area contributed by atoms with Crippen LogP contribution in [0.1, 0.15) is 30.9 Å². The molecular weight excluding hydrogens is 318 g/mol. The summed E-state index contributed by atoms with van der Waals surface area (Å²) in [7, 11) is 2.04. The third-order valence-electron chi connectivity index (χ3n) is 2.90. The van der Waals surface area contributed by atoms with Crippen molar-refractivity contribution in [3.05, 3.63) is 32.7 Å². The Bertz CT molecular complexity index is 327. The molecule has 1 fully saturated rings. The van der Waals surface area contributed by atoms with Gasteiger partial charge in [-0.2, -0.15) is 0 Å². The van der Waals surface area contributed by atoms with Crippen LogP contribution in [0.2, 0.25) is 0 Å². The van der Waals surface area contributed by atoms with Gasteiger partial charge in [0.15, 0.2) is 0 Å². The number of halogens is 2. The molecule has 0 aromatic heterocycles. The van der Waals surface area contributed by atoms with Crippen LogP contribution in [0.15, 0.2) is 27.1 Å². The molecule has 1 aromatic carbocycles. The van der Waals surface area contributed by atoms with Crippen LogP contribution in [0.3, 0.4) is 0 Å². The zero-order chi connectivity index (χ0) is 10.8. The molecule has 0 bridgehead atoms. The van der Waals surface area contributed by atoms with E-state index in [1.165, 1.54) is 24.8 Å². The lowest BCUT2D eigenvalue weighted by molar-refractivity contribution is 0.514. The maximum atomic E-state index is 3.53. The van der Waals surface area contributed by atoms with E-state index in [0.29, 0.717) is 6.04 Å². The molecule has 1 aromatic rings. The van der Waals surface area contributed by atoms with Crippen LogP contribution in [-0.4, -0.2) is 7.05 Å². The van der Waals surface area contributed by atoms with Crippen molar-refractivity contribution in [2.24, 2.45) is 5.92 Å². The summed E-state index contributed by atoms with van der Waals surface area (Å²) >= 11 is 7.07. The van der Waals surface area contributed by atoms with E-state index in [4.69, 9.17) is 0 Å². The summed E-state index contributed by atoms with van der Waals surface area (Å²) in [5.74, 6) is 0.945. The molecule has 0 amide bonds. The highest BCUT2D eigenvalue weighted by Gasteiger charge is 2.25. The minimum absolute atomic E-state index is 0.492. The van der Waals surface area contributed by atoms with E-state index >= 15 is 0 Å². The van der Waals surface area contributed by atoms with Crippen LogP contribution in [0.4, 0.5) is 0 Å². The van der Waals surface area contributed by atoms with E-state index in [2.05, 4.69) is 55.4 Å². The summed E-state index contributed by atoms with van der Waals surface area (Å²) in [4.78, 5) is 0. The van der Waals surface area contributed by atoms with E-state index < -0.39 is 0 Å². The zero-order valence-corrected chi connectivity index (χ0v) is 11.9. The Balaban J connectivity index is 2.16. The molecule has 1 atom stereocenters. The Hall–Kier alpha value is 0.140. The van der Waals surface area contributed by atoms with Crippen molar-refractivity contribution in [2.45, 2.75) is 25.3 Å². The van der Waals surface area contributed by atoms with Gasteiger partial charge in [-0.15, -0.1) is 0 Å². The molecule has 2 rings (SSSR count). The quantitative estimate of drug-likeness (QED) is 0.868. The molecular formula is C12H15Br2N. The smallest absolute Gasteiger partial charge is 0.0320 e.